The summed E-state index contributed by atoms with van der Waals surface area (Å²) in [5.41, 5.74) is 2.92. The maximum atomic E-state index is 10.7. The zero-order valence-corrected chi connectivity index (χ0v) is 11.2. The molecule has 1 aliphatic carbocycles. The van der Waals surface area contributed by atoms with Gasteiger partial charge in [-0.3, -0.25) is 0 Å². The van der Waals surface area contributed by atoms with Crippen LogP contribution in [0.5, 0.6) is 0 Å². The van der Waals surface area contributed by atoms with Gasteiger partial charge in [-0.2, -0.15) is 0 Å². The molecule has 3 rings (SSSR count). The van der Waals surface area contributed by atoms with Gasteiger partial charge >= 0.3 is 0 Å². The van der Waals surface area contributed by atoms with Crippen molar-refractivity contribution in [2.45, 2.75) is 37.7 Å². The van der Waals surface area contributed by atoms with E-state index < -0.39 is 5.60 Å². The summed E-state index contributed by atoms with van der Waals surface area (Å²) >= 11 is 0. The summed E-state index contributed by atoms with van der Waals surface area (Å²) in [4.78, 5) is 0. The van der Waals surface area contributed by atoms with Gasteiger partial charge in [-0.15, -0.1) is 0 Å². The molecule has 0 aliphatic heterocycles. The van der Waals surface area contributed by atoms with Crippen LogP contribution in [-0.2, 0) is 5.60 Å². The maximum Gasteiger partial charge on any atom is 0.0896 e. The van der Waals surface area contributed by atoms with Gasteiger partial charge in [-0.25, -0.2) is 0 Å². The number of hydrogen-bond acceptors (Lipinski definition) is 1. The second-order valence-electron chi connectivity index (χ2n) is 5.54. The van der Waals surface area contributed by atoms with E-state index in [0.29, 0.717) is 0 Å². The Morgan fingerprint density at radius 2 is 1.26 bits per heavy atom. The maximum absolute atomic E-state index is 10.7. The molecule has 1 N–H and O–H groups in total. The molecule has 0 bridgehead atoms. The Labute approximate surface area is 114 Å². The molecule has 0 spiro atoms. The Kier molecular flexibility index (Phi) is 3.39. The van der Waals surface area contributed by atoms with Crippen molar-refractivity contribution in [3.05, 3.63) is 60.2 Å². The largest absolute Gasteiger partial charge is 0.385 e. The predicted octanol–water partition coefficient (Wildman–Crippen LogP) is 4.51. The zero-order valence-electron chi connectivity index (χ0n) is 11.2. The van der Waals surface area contributed by atoms with Gasteiger partial charge < -0.3 is 5.11 Å². The first kappa shape index (κ1) is 12.4. The highest BCUT2D eigenvalue weighted by molar-refractivity contribution is 5.63. The highest BCUT2D eigenvalue weighted by Gasteiger charge is 2.30. The highest BCUT2D eigenvalue weighted by Crippen LogP contribution is 2.37. The lowest BCUT2D eigenvalue weighted by Gasteiger charge is -2.32. The molecule has 2 aromatic rings. The van der Waals surface area contributed by atoms with Gasteiger partial charge in [0, 0.05) is 0 Å². The molecule has 0 unspecified atom stereocenters. The molecule has 1 aliphatic rings. The molecular formula is C18H20O. The average Bonchev–Trinajstić information content (AvgIpc) is 2.49. The first-order valence-corrected chi connectivity index (χ1v) is 7.16. The molecule has 0 aromatic heterocycles. The number of hydrogen-bond donors (Lipinski definition) is 1. The van der Waals surface area contributed by atoms with Crippen LogP contribution in [0.4, 0.5) is 0 Å². The minimum atomic E-state index is -0.590. The monoisotopic (exact) mass is 252 g/mol. The normalized spacial score (nSPS) is 18.2. The van der Waals surface area contributed by atoms with E-state index in [2.05, 4.69) is 48.5 Å². The van der Waals surface area contributed by atoms with Gasteiger partial charge in [0.2, 0.25) is 0 Å². The van der Waals surface area contributed by atoms with Crippen LogP contribution in [0.25, 0.3) is 11.1 Å². The summed E-state index contributed by atoms with van der Waals surface area (Å²) < 4.78 is 0. The van der Waals surface area contributed by atoms with E-state index in [-0.39, 0.29) is 0 Å². The first-order valence-electron chi connectivity index (χ1n) is 7.16. The van der Waals surface area contributed by atoms with Crippen LogP contribution in [0, 0.1) is 0 Å². The smallest absolute Gasteiger partial charge is 0.0896 e. The molecule has 1 saturated carbocycles. The molecule has 19 heavy (non-hydrogen) atoms. The van der Waals surface area contributed by atoms with E-state index >= 15 is 0 Å². The second-order valence-corrected chi connectivity index (χ2v) is 5.54. The average molecular weight is 252 g/mol. The third-order valence-corrected chi connectivity index (χ3v) is 4.21. The lowest BCUT2D eigenvalue weighted by atomic mass is 9.79. The molecule has 98 valence electrons. The summed E-state index contributed by atoms with van der Waals surface area (Å²) in [7, 11) is 0. The molecular weight excluding hydrogens is 232 g/mol. The fraction of sp³-hybridized carbons (Fsp3) is 0.333. The van der Waals surface area contributed by atoms with Crippen LogP contribution in [0.3, 0.4) is 0 Å². The minimum Gasteiger partial charge on any atom is -0.385 e. The summed E-state index contributed by atoms with van der Waals surface area (Å²) in [5.74, 6) is 0. The van der Waals surface area contributed by atoms with Crippen LogP contribution < -0.4 is 0 Å². The van der Waals surface area contributed by atoms with E-state index in [4.69, 9.17) is 0 Å². The minimum absolute atomic E-state index is 0.590. The van der Waals surface area contributed by atoms with Crippen molar-refractivity contribution >= 4 is 0 Å². The van der Waals surface area contributed by atoms with Crippen molar-refractivity contribution in [3.8, 4) is 11.1 Å². The lowest BCUT2D eigenvalue weighted by Crippen LogP contribution is -2.28. The third kappa shape index (κ3) is 2.57. The van der Waals surface area contributed by atoms with Gasteiger partial charge in [0.25, 0.3) is 0 Å². The van der Waals surface area contributed by atoms with E-state index in [1.165, 1.54) is 17.5 Å². The Morgan fingerprint density at radius 1 is 0.684 bits per heavy atom. The molecule has 1 nitrogen and oxygen atoms in total. The fourth-order valence-corrected chi connectivity index (χ4v) is 3.03. The Bertz CT molecular complexity index is 521. The molecule has 0 amide bonds. The Balaban J connectivity index is 1.87. The van der Waals surface area contributed by atoms with Crippen molar-refractivity contribution in [1.29, 1.82) is 0 Å². The SMILES string of the molecule is OC1(c2ccc(-c3ccccc3)cc2)CCCCC1. The Hall–Kier alpha value is -1.60. The van der Waals surface area contributed by atoms with Crippen molar-refractivity contribution < 1.29 is 5.11 Å². The summed E-state index contributed by atoms with van der Waals surface area (Å²) in [6.45, 7) is 0. The molecule has 1 fully saturated rings. The van der Waals surface area contributed by atoms with Gasteiger partial charge in [0.05, 0.1) is 5.60 Å². The first-order chi connectivity index (χ1) is 9.28. The fourth-order valence-electron chi connectivity index (χ4n) is 3.03. The van der Waals surface area contributed by atoms with Gasteiger partial charge in [0.1, 0.15) is 0 Å². The summed E-state index contributed by atoms with van der Waals surface area (Å²) in [6, 6.07) is 18.8. The van der Waals surface area contributed by atoms with Gasteiger partial charge in [-0.05, 0) is 29.5 Å². The van der Waals surface area contributed by atoms with Crippen molar-refractivity contribution in [2.24, 2.45) is 0 Å². The van der Waals surface area contributed by atoms with Crippen molar-refractivity contribution in [1.82, 2.24) is 0 Å². The number of aliphatic hydroxyl groups is 1. The zero-order chi connectivity index (χ0) is 13.1. The third-order valence-electron chi connectivity index (χ3n) is 4.21. The standard InChI is InChI=1S/C18H20O/c19-18(13-5-2-6-14-18)17-11-9-16(10-12-17)15-7-3-1-4-8-15/h1,3-4,7-12,19H,2,5-6,13-14H2. The van der Waals surface area contributed by atoms with Crippen molar-refractivity contribution in [2.75, 3.05) is 0 Å². The van der Waals surface area contributed by atoms with Crippen LogP contribution in [-0.4, -0.2) is 5.11 Å². The molecule has 2 aromatic carbocycles. The summed E-state index contributed by atoms with van der Waals surface area (Å²) in [6.07, 6.45) is 5.33. The molecule has 0 atom stereocenters. The molecule has 0 saturated heterocycles. The quantitative estimate of drug-likeness (QED) is 0.834. The molecule has 0 heterocycles. The topological polar surface area (TPSA) is 20.2 Å². The molecule has 1 heteroatoms. The lowest BCUT2D eigenvalue weighted by molar-refractivity contribution is -0.000612. The Morgan fingerprint density at radius 3 is 1.89 bits per heavy atom. The van der Waals surface area contributed by atoms with Gasteiger partial charge in [0.15, 0.2) is 0 Å². The van der Waals surface area contributed by atoms with E-state index in [9.17, 15) is 5.11 Å². The number of rotatable bonds is 2. The van der Waals surface area contributed by atoms with Crippen LogP contribution >= 0.6 is 0 Å². The van der Waals surface area contributed by atoms with Crippen molar-refractivity contribution in [3.63, 3.8) is 0 Å². The van der Waals surface area contributed by atoms with E-state index in [1.54, 1.807) is 0 Å². The van der Waals surface area contributed by atoms with Crippen LogP contribution in [0.2, 0.25) is 0 Å². The molecule has 0 radical (unpaired) electrons. The van der Waals surface area contributed by atoms with E-state index in [0.717, 1.165) is 31.2 Å². The van der Waals surface area contributed by atoms with Crippen LogP contribution in [0.15, 0.2) is 54.6 Å². The van der Waals surface area contributed by atoms with E-state index in [1.807, 2.05) is 6.07 Å². The highest BCUT2D eigenvalue weighted by atomic mass is 16.3. The predicted molar refractivity (Wildman–Crippen MR) is 78.9 cm³/mol. The van der Waals surface area contributed by atoms with Crippen LogP contribution in [0.1, 0.15) is 37.7 Å². The van der Waals surface area contributed by atoms with Gasteiger partial charge in [-0.1, -0.05) is 73.9 Å². The second kappa shape index (κ2) is 5.18. The number of benzene rings is 2. The summed E-state index contributed by atoms with van der Waals surface area (Å²) in [5, 5.41) is 10.7.